The molecule has 8 nitrogen and oxygen atoms in total. The number of carbonyl (C=O) groups is 2. The van der Waals surface area contributed by atoms with Gasteiger partial charge in [0, 0.05) is 23.9 Å². The van der Waals surface area contributed by atoms with Crippen molar-refractivity contribution in [2.75, 3.05) is 45.7 Å². The fourth-order valence-corrected chi connectivity index (χ4v) is 6.13. The molecule has 4 rings (SSSR count). The number of likely N-dealkylation sites (tertiary alicyclic amines) is 1. The SMILES string of the molecule is COC(=O)C1=C(C)N=C(C)C(C(=O)OC)C1c1ccc(F)c(NC(=S)NCCCN2CCC(c3ccccc3)CC2)c1. The zero-order chi connectivity index (χ0) is 30.2. The van der Waals surface area contributed by atoms with Gasteiger partial charge in [0.25, 0.3) is 0 Å². The van der Waals surface area contributed by atoms with Crippen LogP contribution in [0.4, 0.5) is 10.1 Å². The number of benzene rings is 2. The number of rotatable bonds is 9. The second-order valence-electron chi connectivity index (χ2n) is 10.7. The van der Waals surface area contributed by atoms with Gasteiger partial charge in [0.05, 0.1) is 25.5 Å². The lowest BCUT2D eigenvalue weighted by Gasteiger charge is -2.32. The van der Waals surface area contributed by atoms with Crippen LogP contribution in [0.25, 0.3) is 0 Å². The zero-order valence-electron chi connectivity index (χ0n) is 24.6. The van der Waals surface area contributed by atoms with Crippen molar-refractivity contribution in [1.82, 2.24) is 10.2 Å². The van der Waals surface area contributed by atoms with Gasteiger partial charge >= 0.3 is 11.9 Å². The summed E-state index contributed by atoms with van der Waals surface area (Å²) in [6.07, 6.45) is 3.21. The van der Waals surface area contributed by atoms with Crippen LogP contribution < -0.4 is 10.6 Å². The molecule has 224 valence electrons. The van der Waals surface area contributed by atoms with Gasteiger partial charge in [-0.05, 0) is 94.1 Å². The number of piperidine rings is 1. The predicted octanol–water partition coefficient (Wildman–Crippen LogP) is 5.18. The number of halogens is 1. The monoisotopic (exact) mass is 594 g/mol. The Balaban J connectivity index is 1.36. The minimum atomic E-state index is -0.867. The third-order valence-electron chi connectivity index (χ3n) is 8.08. The Kier molecular flexibility index (Phi) is 10.8. The molecule has 2 atom stereocenters. The number of nitrogens with one attached hydrogen (secondary N) is 2. The molecule has 2 aromatic rings. The third kappa shape index (κ3) is 7.41. The first kappa shape index (κ1) is 31.3. The molecular formula is C32H39FN4O4S. The molecule has 0 aromatic heterocycles. The summed E-state index contributed by atoms with van der Waals surface area (Å²) in [5.74, 6) is -2.68. The van der Waals surface area contributed by atoms with Gasteiger partial charge in [0.2, 0.25) is 0 Å². The maximum absolute atomic E-state index is 14.9. The molecule has 2 aliphatic rings. The summed E-state index contributed by atoms with van der Waals surface area (Å²) >= 11 is 5.46. The smallest absolute Gasteiger partial charge is 0.336 e. The summed E-state index contributed by atoms with van der Waals surface area (Å²) < 4.78 is 24.9. The van der Waals surface area contributed by atoms with Crippen molar-refractivity contribution in [2.24, 2.45) is 10.9 Å². The van der Waals surface area contributed by atoms with E-state index in [9.17, 15) is 14.0 Å². The molecule has 0 amide bonds. The average molecular weight is 595 g/mol. The van der Waals surface area contributed by atoms with E-state index in [0.29, 0.717) is 34.5 Å². The van der Waals surface area contributed by atoms with Crippen molar-refractivity contribution >= 4 is 40.7 Å². The van der Waals surface area contributed by atoms with Crippen molar-refractivity contribution in [1.29, 1.82) is 0 Å². The Morgan fingerprint density at radius 1 is 1.05 bits per heavy atom. The van der Waals surface area contributed by atoms with Crippen LogP contribution >= 0.6 is 12.2 Å². The fraction of sp³-hybridized carbons (Fsp3) is 0.438. The molecule has 42 heavy (non-hydrogen) atoms. The number of allylic oxidation sites excluding steroid dienone is 1. The minimum absolute atomic E-state index is 0.138. The first-order valence-electron chi connectivity index (χ1n) is 14.3. The van der Waals surface area contributed by atoms with Crippen LogP contribution in [-0.2, 0) is 19.1 Å². The Hall–Kier alpha value is -3.63. The maximum Gasteiger partial charge on any atom is 0.336 e. The number of methoxy groups -OCH3 is 2. The lowest BCUT2D eigenvalue weighted by molar-refractivity contribution is -0.143. The lowest BCUT2D eigenvalue weighted by atomic mass is 9.75. The summed E-state index contributed by atoms with van der Waals surface area (Å²) in [7, 11) is 2.55. The molecule has 0 aliphatic carbocycles. The van der Waals surface area contributed by atoms with E-state index in [1.54, 1.807) is 26.0 Å². The molecule has 2 aromatic carbocycles. The number of anilines is 1. The summed E-state index contributed by atoms with van der Waals surface area (Å²) in [5, 5.41) is 6.40. The normalized spacial score (nSPS) is 19.6. The fourth-order valence-electron chi connectivity index (χ4n) is 5.92. The molecular weight excluding hydrogens is 555 g/mol. The highest BCUT2D eigenvalue weighted by Crippen LogP contribution is 2.41. The van der Waals surface area contributed by atoms with Gasteiger partial charge in [-0.1, -0.05) is 36.4 Å². The lowest BCUT2D eigenvalue weighted by Crippen LogP contribution is -2.36. The molecule has 2 unspecified atom stereocenters. The second kappa shape index (κ2) is 14.5. The molecule has 1 fully saturated rings. The quantitative estimate of drug-likeness (QED) is 0.233. The van der Waals surface area contributed by atoms with E-state index in [4.69, 9.17) is 21.7 Å². The van der Waals surface area contributed by atoms with Crippen LogP contribution in [0.2, 0.25) is 0 Å². The molecule has 0 spiro atoms. The highest BCUT2D eigenvalue weighted by Gasteiger charge is 2.42. The van der Waals surface area contributed by atoms with Gasteiger partial charge in [0.1, 0.15) is 11.7 Å². The van der Waals surface area contributed by atoms with Crippen molar-refractivity contribution < 1.29 is 23.5 Å². The topological polar surface area (TPSA) is 92.3 Å². The Morgan fingerprint density at radius 3 is 2.43 bits per heavy atom. The number of nitrogens with zero attached hydrogens (tertiary/aromatic N) is 2. The van der Waals surface area contributed by atoms with Crippen LogP contribution in [0, 0.1) is 11.7 Å². The highest BCUT2D eigenvalue weighted by atomic mass is 32.1. The van der Waals surface area contributed by atoms with Gasteiger partial charge in [-0.25, -0.2) is 9.18 Å². The Morgan fingerprint density at radius 2 is 1.76 bits per heavy atom. The van der Waals surface area contributed by atoms with Gasteiger partial charge in [0.15, 0.2) is 5.11 Å². The van der Waals surface area contributed by atoms with Gasteiger partial charge in [-0.3, -0.25) is 9.79 Å². The van der Waals surface area contributed by atoms with Gasteiger partial charge in [-0.2, -0.15) is 0 Å². The van der Waals surface area contributed by atoms with E-state index in [1.807, 2.05) is 0 Å². The molecule has 0 bridgehead atoms. The number of hydrogen-bond donors (Lipinski definition) is 2. The molecule has 10 heteroatoms. The van der Waals surface area contributed by atoms with Crippen molar-refractivity contribution in [3.63, 3.8) is 0 Å². The van der Waals surface area contributed by atoms with Crippen molar-refractivity contribution in [3.05, 3.63) is 76.7 Å². The largest absolute Gasteiger partial charge is 0.468 e. The molecule has 2 heterocycles. The summed E-state index contributed by atoms with van der Waals surface area (Å²) in [6, 6.07) is 15.1. The number of hydrogen-bond acceptors (Lipinski definition) is 7. The molecule has 0 radical (unpaired) electrons. The standard InChI is InChI=1S/C32H39FN4O4S/c1-20-27(30(38)40-3)29(28(21(2)35-20)31(39)41-4)24-11-12-25(33)26(19-24)36-32(42)34-15-8-16-37-17-13-23(14-18-37)22-9-6-5-7-10-22/h5-7,9-12,19,23,27,29H,8,13-18H2,1-4H3,(H2,34,36,42). The van der Waals surface area contributed by atoms with E-state index in [-0.39, 0.29) is 11.3 Å². The third-order valence-corrected chi connectivity index (χ3v) is 8.33. The molecule has 1 saturated heterocycles. The van der Waals surface area contributed by atoms with Crippen LogP contribution in [0.3, 0.4) is 0 Å². The Bertz CT molecular complexity index is 1360. The second-order valence-corrected chi connectivity index (χ2v) is 11.1. The molecule has 2 N–H and O–H groups in total. The van der Waals surface area contributed by atoms with Gasteiger partial charge in [-0.15, -0.1) is 0 Å². The van der Waals surface area contributed by atoms with Crippen LogP contribution in [-0.4, -0.2) is 68.1 Å². The number of aliphatic imine (C=N–C) groups is 1. The van der Waals surface area contributed by atoms with Crippen LogP contribution in [0.15, 0.2) is 64.8 Å². The van der Waals surface area contributed by atoms with E-state index >= 15 is 0 Å². The number of ether oxygens (including phenoxy) is 2. The van der Waals surface area contributed by atoms with E-state index in [2.05, 4.69) is 50.9 Å². The maximum atomic E-state index is 14.9. The average Bonchev–Trinajstić information content (AvgIpc) is 3.00. The summed E-state index contributed by atoms with van der Waals surface area (Å²) in [6.45, 7) is 7.13. The van der Waals surface area contributed by atoms with Crippen LogP contribution in [0.1, 0.15) is 56.1 Å². The van der Waals surface area contributed by atoms with Crippen molar-refractivity contribution in [2.45, 2.75) is 44.9 Å². The number of esters is 2. The van der Waals surface area contributed by atoms with Gasteiger partial charge < -0.3 is 25.0 Å². The summed E-state index contributed by atoms with van der Waals surface area (Å²) in [4.78, 5) is 32.5. The first-order chi connectivity index (χ1) is 20.2. The summed E-state index contributed by atoms with van der Waals surface area (Å²) in [5.41, 5.74) is 3.25. The minimum Gasteiger partial charge on any atom is -0.468 e. The molecule has 0 saturated carbocycles. The van der Waals surface area contributed by atoms with Crippen LogP contribution in [0.5, 0.6) is 0 Å². The highest BCUT2D eigenvalue weighted by molar-refractivity contribution is 7.80. The predicted molar refractivity (Wildman–Crippen MR) is 166 cm³/mol. The number of thiocarbonyl (C=S) groups is 1. The number of carbonyl (C=O) groups excluding carboxylic acids is 2. The molecule has 2 aliphatic heterocycles. The van der Waals surface area contributed by atoms with E-state index < -0.39 is 29.6 Å². The zero-order valence-corrected chi connectivity index (χ0v) is 25.4. The first-order valence-corrected chi connectivity index (χ1v) is 14.7. The van der Waals surface area contributed by atoms with E-state index in [0.717, 1.165) is 38.9 Å². The Labute approximate surface area is 252 Å². The van der Waals surface area contributed by atoms with E-state index in [1.165, 1.54) is 25.8 Å². The van der Waals surface area contributed by atoms with Crippen molar-refractivity contribution in [3.8, 4) is 0 Å².